The highest BCUT2D eigenvalue weighted by Crippen LogP contribution is 2.25. The number of carbonyl (C=O) groups is 1. The summed E-state index contributed by atoms with van der Waals surface area (Å²) in [4.78, 5) is 12.9. The molecular formula is C13H13BrN2O2S. The van der Waals surface area contributed by atoms with E-state index in [-0.39, 0.29) is 5.91 Å². The molecule has 0 spiro atoms. The lowest BCUT2D eigenvalue weighted by Gasteiger charge is -2.08. The van der Waals surface area contributed by atoms with Gasteiger partial charge in [-0.25, -0.2) is 0 Å². The van der Waals surface area contributed by atoms with Crippen molar-refractivity contribution in [2.75, 3.05) is 0 Å². The fourth-order valence-electron chi connectivity index (χ4n) is 1.59. The number of carbonyl (C=O) groups excluding carboxylic acids is 1. The summed E-state index contributed by atoms with van der Waals surface area (Å²) in [6.07, 6.45) is 0. The highest BCUT2D eigenvalue weighted by molar-refractivity contribution is 9.11. The van der Waals surface area contributed by atoms with Crippen molar-refractivity contribution < 1.29 is 9.21 Å². The van der Waals surface area contributed by atoms with Crippen LogP contribution in [0, 0.1) is 13.8 Å². The van der Waals surface area contributed by atoms with E-state index in [1.165, 1.54) is 11.3 Å². The van der Waals surface area contributed by atoms with Gasteiger partial charge < -0.3 is 4.42 Å². The lowest BCUT2D eigenvalue weighted by Crippen LogP contribution is -2.35. The van der Waals surface area contributed by atoms with Crippen LogP contribution in [0.15, 0.2) is 33.0 Å². The van der Waals surface area contributed by atoms with Crippen LogP contribution in [0.2, 0.25) is 0 Å². The first-order valence-corrected chi connectivity index (χ1v) is 7.16. The number of rotatable bonds is 4. The summed E-state index contributed by atoms with van der Waals surface area (Å²) in [5, 5.41) is 0. The molecule has 0 unspecified atom stereocenters. The molecule has 2 aromatic rings. The van der Waals surface area contributed by atoms with Gasteiger partial charge in [-0.05, 0) is 48.0 Å². The van der Waals surface area contributed by atoms with Crippen molar-refractivity contribution in [2.45, 2.75) is 13.8 Å². The molecule has 2 N–H and O–H groups in total. The van der Waals surface area contributed by atoms with Crippen molar-refractivity contribution in [1.82, 2.24) is 10.9 Å². The maximum absolute atomic E-state index is 11.9. The molecule has 1 amide bonds. The van der Waals surface area contributed by atoms with Gasteiger partial charge in [-0.1, -0.05) is 6.58 Å². The van der Waals surface area contributed by atoms with Crippen LogP contribution in [0.3, 0.4) is 0 Å². The topological polar surface area (TPSA) is 54.3 Å². The van der Waals surface area contributed by atoms with E-state index in [2.05, 4.69) is 33.4 Å². The van der Waals surface area contributed by atoms with E-state index in [4.69, 9.17) is 4.42 Å². The first-order chi connectivity index (χ1) is 8.97. The van der Waals surface area contributed by atoms with Gasteiger partial charge in [0.15, 0.2) is 0 Å². The van der Waals surface area contributed by atoms with Crippen LogP contribution < -0.4 is 10.9 Å². The van der Waals surface area contributed by atoms with Crippen LogP contribution >= 0.6 is 27.3 Å². The Hall–Kier alpha value is -1.53. The van der Waals surface area contributed by atoms with Gasteiger partial charge in [0, 0.05) is 0 Å². The van der Waals surface area contributed by atoms with Crippen molar-refractivity contribution in [1.29, 1.82) is 0 Å². The van der Waals surface area contributed by atoms with Crippen molar-refractivity contribution in [3.63, 3.8) is 0 Å². The highest BCUT2D eigenvalue weighted by Gasteiger charge is 2.13. The molecule has 0 radical (unpaired) electrons. The molecule has 0 atom stereocenters. The smallest absolute Gasteiger partial charge is 0.273 e. The number of hydrogen-bond donors (Lipinski definition) is 2. The summed E-state index contributed by atoms with van der Waals surface area (Å²) < 4.78 is 6.33. The van der Waals surface area contributed by atoms with Crippen LogP contribution in [0.4, 0.5) is 0 Å². The summed E-state index contributed by atoms with van der Waals surface area (Å²) >= 11 is 4.91. The van der Waals surface area contributed by atoms with E-state index >= 15 is 0 Å². The SMILES string of the molecule is C=C(NNC(=O)c1cc(C)oc1C)c1ccc(Br)s1. The summed E-state index contributed by atoms with van der Waals surface area (Å²) in [5.41, 5.74) is 6.56. The Balaban J connectivity index is 1.97. The fourth-order valence-corrected chi connectivity index (χ4v) is 2.91. The second-order valence-corrected chi connectivity index (χ2v) is 6.45. The molecule has 6 heteroatoms. The summed E-state index contributed by atoms with van der Waals surface area (Å²) in [6, 6.07) is 5.55. The number of halogens is 1. The predicted octanol–water partition coefficient (Wildman–Crippen LogP) is 3.63. The van der Waals surface area contributed by atoms with Crippen LogP contribution in [0.5, 0.6) is 0 Å². The van der Waals surface area contributed by atoms with Crippen molar-refractivity contribution >= 4 is 38.9 Å². The largest absolute Gasteiger partial charge is 0.466 e. The third-order valence-corrected chi connectivity index (χ3v) is 4.17. The Labute approximate surface area is 123 Å². The minimum Gasteiger partial charge on any atom is -0.466 e. The van der Waals surface area contributed by atoms with Gasteiger partial charge in [-0.15, -0.1) is 11.3 Å². The van der Waals surface area contributed by atoms with Gasteiger partial charge in [-0.2, -0.15) is 0 Å². The summed E-state index contributed by atoms with van der Waals surface area (Å²) in [5.74, 6) is 1.07. The molecule has 0 fully saturated rings. The Bertz CT molecular complexity index is 630. The van der Waals surface area contributed by atoms with E-state index in [9.17, 15) is 4.79 Å². The van der Waals surface area contributed by atoms with Gasteiger partial charge in [0.1, 0.15) is 11.5 Å². The molecule has 100 valence electrons. The number of furan rings is 1. The Morgan fingerprint density at radius 2 is 2.11 bits per heavy atom. The maximum atomic E-state index is 11.9. The molecule has 0 aliphatic heterocycles. The number of nitrogens with one attached hydrogen (secondary N) is 2. The Kier molecular flexibility index (Phi) is 4.11. The molecule has 2 aromatic heterocycles. The van der Waals surface area contributed by atoms with Crippen LogP contribution in [0.25, 0.3) is 5.70 Å². The molecule has 19 heavy (non-hydrogen) atoms. The van der Waals surface area contributed by atoms with E-state index in [1.54, 1.807) is 19.9 Å². The van der Waals surface area contributed by atoms with Gasteiger partial charge >= 0.3 is 0 Å². The molecular weight excluding hydrogens is 328 g/mol. The second kappa shape index (κ2) is 5.63. The molecule has 2 heterocycles. The summed E-state index contributed by atoms with van der Waals surface area (Å²) in [6.45, 7) is 7.43. The van der Waals surface area contributed by atoms with E-state index < -0.39 is 0 Å². The standard InChI is InChI=1S/C13H13BrN2O2S/c1-7-6-10(9(3)18-7)13(17)16-15-8(2)11-4-5-12(14)19-11/h4-6,15H,2H2,1,3H3,(H,16,17). The zero-order chi connectivity index (χ0) is 14.0. The number of amides is 1. The lowest BCUT2D eigenvalue weighted by molar-refractivity contribution is 0.0941. The van der Waals surface area contributed by atoms with Gasteiger partial charge in [0.25, 0.3) is 5.91 Å². The lowest BCUT2D eigenvalue weighted by atomic mass is 10.2. The maximum Gasteiger partial charge on any atom is 0.273 e. The molecule has 0 saturated carbocycles. The molecule has 2 rings (SSSR count). The molecule has 0 bridgehead atoms. The Morgan fingerprint density at radius 3 is 2.63 bits per heavy atom. The number of thiophene rings is 1. The normalized spacial score (nSPS) is 10.3. The average Bonchev–Trinajstić information content (AvgIpc) is 2.92. The van der Waals surface area contributed by atoms with Crippen LogP contribution in [-0.4, -0.2) is 5.91 Å². The monoisotopic (exact) mass is 340 g/mol. The van der Waals surface area contributed by atoms with Gasteiger partial charge in [0.05, 0.1) is 19.9 Å². The quantitative estimate of drug-likeness (QED) is 0.835. The number of hydrazine groups is 1. The first-order valence-electron chi connectivity index (χ1n) is 5.55. The van der Waals surface area contributed by atoms with Crippen LogP contribution in [-0.2, 0) is 0 Å². The van der Waals surface area contributed by atoms with E-state index in [0.29, 0.717) is 22.8 Å². The zero-order valence-electron chi connectivity index (χ0n) is 10.5. The third kappa shape index (κ3) is 3.27. The highest BCUT2D eigenvalue weighted by atomic mass is 79.9. The van der Waals surface area contributed by atoms with Gasteiger partial charge in [0.2, 0.25) is 0 Å². The van der Waals surface area contributed by atoms with E-state index in [1.807, 2.05) is 12.1 Å². The molecule has 0 aliphatic rings. The van der Waals surface area contributed by atoms with Crippen molar-refractivity contribution in [3.05, 3.63) is 50.5 Å². The average molecular weight is 341 g/mol. The third-order valence-electron chi connectivity index (χ3n) is 2.48. The van der Waals surface area contributed by atoms with Crippen molar-refractivity contribution in [3.8, 4) is 0 Å². The molecule has 0 saturated heterocycles. The Morgan fingerprint density at radius 1 is 1.37 bits per heavy atom. The van der Waals surface area contributed by atoms with Crippen LogP contribution in [0.1, 0.15) is 26.8 Å². The minimum absolute atomic E-state index is 0.244. The summed E-state index contributed by atoms with van der Waals surface area (Å²) in [7, 11) is 0. The molecule has 0 aromatic carbocycles. The minimum atomic E-state index is -0.244. The van der Waals surface area contributed by atoms with Gasteiger partial charge in [-0.3, -0.25) is 15.6 Å². The molecule has 4 nitrogen and oxygen atoms in total. The molecule has 0 aliphatic carbocycles. The second-order valence-electron chi connectivity index (χ2n) is 3.99. The first kappa shape index (κ1) is 13.9. The van der Waals surface area contributed by atoms with E-state index in [0.717, 1.165) is 8.66 Å². The fraction of sp³-hybridized carbons (Fsp3) is 0.154. The number of aryl methyl sites for hydroxylation is 2. The zero-order valence-corrected chi connectivity index (χ0v) is 12.9. The number of hydrogen-bond acceptors (Lipinski definition) is 4. The predicted molar refractivity (Wildman–Crippen MR) is 79.8 cm³/mol. The van der Waals surface area contributed by atoms with Crippen molar-refractivity contribution in [2.24, 2.45) is 0 Å².